The van der Waals surface area contributed by atoms with E-state index in [1.165, 1.54) is 17.5 Å². The van der Waals surface area contributed by atoms with E-state index in [1.54, 1.807) is 13.0 Å². The van der Waals surface area contributed by atoms with Crippen LogP contribution in [0, 0.1) is 0 Å². The maximum atomic E-state index is 12.6. The van der Waals surface area contributed by atoms with Crippen LogP contribution in [-0.2, 0) is 17.8 Å². The van der Waals surface area contributed by atoms with Gasteiger partial charge in [-0.15, -0.1) is 0 Å². The van der Waals surface area contributed by atoms with Gasteiger partial charge in [0.2, 0.25) is 5.91 Å². The normalized spacial score (nSPS) is 19.5. The summed E-state index contributed by atoms with van der Waals surface area (Å²) in [7, 11) is 0. The molecule has 0 spiro atoms. The van der Waals surface area contributed by atoms with E-state index >= 15 is 0 Å². The van der Waals surface area contributed by atoms with E-state index in [-0.39, 0.29) is 30.1 Å². The van der Waals surface area contributed by atoms with Crippen molar-refractivity contribution in [1.82, 2.24) is 25.1 Å². The van der Waals surface area contributed by atoms with Crippen LogP contribution in [0.15, 0.2) is 36.7 Å². The third-order valence-electron chi connectivity index (χ3n) is 6.30. The number of fused-ring (bicyclic) bond motifs is 1. The summed E-state index contributed by atoms with van der Waals surface area (Å²) in [6.07, 6.45) is 3.51. The zero-order valence-corrected chi connectivity index (χ0v) is 19.0. The second-order valence-electron chi connectivity index (χ2n) is 8.85. The van der Waals surface area contributed by atoms with Crippen LogP contribution in [0.1, 0.15) is 41.4 Å². The number of hydrogen-bond acceptors (Lipinski definition) is 7. The molecular weight excluding hydrogens is 420 g/mol. The van der Waals surface area contributed by atoms with Crippen LogP contribution in [0.2, 0.25) is 0 Å². The van der Waals surface area contributed by atoms with Crippen molar-refractivity contribution >= 4 is 17.6 Å². The Bertz CT molecular complexity index is 984. The molecule has 2 aliphatic rings. The molecule has 1 aromatic carbocycles. The molecule has 2 aromatic rings. The summed E-state index contributed by atoms with van der Waals surface area (Å²) in [5.41, 5.74) is 2.91. The summed E-state index contributed by atoms with van der Waals surface area (Å²) in [6.45, 7) is 5.33. The number of carbonyl (C=O) groups excluding carboxylic acids is 2. The minimum absolute atomic E-state index is 0.0663. The number of anilines is 1. The average Bonchev–Trinajstić information content (AvgIpc) is 2.83. The Labute approximate surface area is 194 Å². The summed E-state index contributed by atoms with van der Waals surface area (Å²) in [5, 5.41) is 16.5. The van der Waals surface area contributed by atoms with Crippen molar-refractivity contribution in [1.29, 1.82) is 0 Å². The third-order valence-corrected chi connectivity index (χ3v) is 6.30. The van der Waals surface area contributed by atoms with Gasteiger partial charge in [-0.05, 0) is 30.4 Å². The van der Waals surface area contributed by atoms with Crippen LogP contribution >= 0.6 is 0 Å². The Morgan fingerprint density at radius 3 is 2.85 bits per heavy atom. The minimum atomic E-state index is -0.668. The number of amides is 2. The van der Waals surface area contributed by atoms with Crippen molar-refractivity contribution in [3.63, 3.8) is 0 Å². The van der Waals surface area contributed by atoms with E-state index in [1.807, 2.05) is 11.0 Å². The number of nitrogens with one attached hydrogen (secondary N) is 2. The zero-order chi connectivity index (χ0) is 23.2. The van der Waals surface area contributed by atoms with E-state index in [9.17, 15) is 14.7 Å². The van der Waals surface area contributed by atoms with Crippen molar-refractivity contribution in [3.05, 3.63) is 53.5 Å². The van der Waals surface area contributed by atoms with Gasteiger partial charge < -0.3 is 20.6 Å². The Balaban J connectivity index is 1.25. The molecule has 33 heavy (non-hydrogen) atoms. The lowest BCUT2D eigenvalue weighted by molar-refractivity contribution is -0.129. The lowest BCUT2D eigenvalue weighted by Crippen LogP contribution is -2.44. The first kappa shape index (κ1) is 23.1. The first-order chi connectivity index (χ1) is 16.0. The number of piperidine rings is 1. The molecule has 2 aliphatic heterocycles. The fourth-order valence-electron chi connectivity index (χ4n) is 4.52. The lowest BCUT2D eigenvalue weighted by atomic mass is 10.00. The fourth-order valence-corrected chi connectivity index (χ4v) is 4.52. The Morgan fingerprint density at radius 2 is 2.03 bits per heavy atom. The van der Waals surface area contributed by atoms with Gasteiger partial charge in [-0.25, -0.2) is 9.97 Å². The molecule has 1 fully saturated rings. The Hall–Kier alpha value is -3.04. The van der Waals surface area contributed by atoms with Gasteiger partial charge in [0.1, 0.15) is 17.8 Å². The standard InChI is InChI=1S/C24H32N6O3/c1-17(31)30-9-4-7-20(14-30)28-23-11-22(26-16-27-23)24(33)25-12-21(32)15-29-10-8-18-5-2-3-6-19(18)13-29/h2-3,5-6,11,16,20-21,32H,4,7-10,12-15H2,1H3,(H,25,33)(H,26,27,28)/t20-,21+/m1/s1. The van der Waals surface area contributed by atoms with Gasteiger partial charge in [-0.1, -0.05) is 24.3 Å². The highest BCUT2D eigenvalue weighted by Crippen LogP contribution is 2.18. The van der Waals surface area contributed by atoms with E-state index in [0.29, 0.717) is 18.9 Å². The van der Waals surface area contributed by atoms with Crippen LogP contribution < -0.4 is 10.6 Å². The van der Waals surface area contributed by atoms with Crippen molar-refractivity contribution in [2.45, 2.75) is 44.9 Å². The van der Waals surface area contributed by atoms with Gasteiger partial charge in [0.15, 0.2) is 0 Å². The van der Waals surface area contributed by atoms with Crippen LogP contribution in [0.4, 0.5) is 5.82 Å². The highest BCUT2D eigenvalue weighted by molar-refractivity contribution is 5.92. The predicted octanol–water partition coefficient (Wildman–Crippen LogP) is 1.05. The minimum Gasteiger partial charge on any atom is -0.390 e. The van der Waals surface area contributed by atoms with Crippen LogP contribution in [0.5, 0.6) is 0 Å². The molecule has 4 rings (SSSR count). The molecular formula is C24H32N6O3. The number of benzene rings is 1. The van der Waals surface area contributed by atoms with Crippen molar-refractivity contribution in [3.8, 4) is 0 Å². The second kappa shape index (κ2) is 10.7. The van der Waals surface area contributed by atoms with Crippen LogP contribution in [-0.4, -0.2) is 81.6 Å². The van der Waals surface area contributed by atoms with Crippen LogP contribution in [0.25, 0.3) is 0 Å². The number of aliphatic hydroxyl groups excluding tert-OH is 1. The average molecular weight is 453 g/mol. The molecule has 3 N–H and O–H groups in total. The number of aromatic nitrogens is 2. The first-order valence-electron chi connectivity index (χ1n) is 11.6. The predicted molar refractivity (Wildman–Crippen MR) is 125 cm³/mol. The second-order valence-corrected chi connectivity index (χ2v) is 8.85. The Kier molecular flexibility index (Phi) is 7.51. The van der Waals surface area contributed by atoms with Gasteiger partial charge in [-0.3, -0.25) is 14.5 Å². The van der Waals surface area contributed by atoms with E-state index in [0.717, 1.165) is 38.9 Å². The molecule has 0 saturated carbocycles. The molecule has 9 nitrogen and oxygen atoms in total. The summed E-state index contributed by atoms with van der Waals surface area (Å²) in [5.74, 6) is 0.271. The van der Waals surface area contributed by atoms with Gasteiger partial charge in [0.25, 0.3) is 5.91 Å². The molecule has 9 heteroatoms. The first-order valence-corrected chi connectivity index (χ1v) is 11.6. The number of carbonyl (C=O) groups is 2. The lowest BCUT2D eigenvalue weighted by Gasteiger charge is -2.32. The molecule has 0 unspecified atom stereocenters. The summed E-state index contributed by atoms with van der Waals surface area (Å²) < 4.78 is 0. The molecule has 176 valence electrons. The smallest absolute Gasteiger partial charge is 0.270 e. The molecule has 0 bridgehead atoms. The third kappa shape index (κ3) is 6.27. The van der Waals surface area contributed by atoms with Gasteiger partial charge in [0, 0.05) is 58.3 Å². The molecule has 1 aromatic heterocycles. The molecule has 2 amide bonds. The van der Waals surface area contributed by atoms with Gasteiger partial charge >= 0.3 is 0 Å². The number of rotatable bonds is 7. The number of nitrogens with zero attached hydrogens (tertiary/aromatic N) is 4. The molecule has 0 radical (unpaired) electrons. The van der Waals surface area contributed by atoms with Gasteiger partial charge in [0.05, 0.1) is 6.10 Å². The topological polar surface area (TPSA) is 111 Å². The number of aliphatic hydroxyl groups is 1. The van der Waals surface area contributed by atoms with E-state index in [2.05, 4.69) is 43.7 Å². The maximum absolute atomic E-state index is 12.6. The summed E-state index contributed by atoms with van der Waals surface area (Å²) in [6, 6.07) is 10.1. The summed E-state index contributed by atoms with van der Waals surface area (Å²) in [4.78, 5) is 36.5. The van der Waals surface area contributed by atoms with E-state index < -0.39 is 6.10 Å². The molecule has 3 heterocycles. The quantitative estimate of drug-likeness (QED) is 0.576. The van der Waals surface area contributed by atoms with Crippen LogP contribution in [0.3, 0.4) is 0 Å². The van der Waals surface area contributed by atoms with Crippen molar-refractivity contribution in [2.24, 2.45) is 0 Å². The SMILES string of the molecule is CC(=O)N1CCC[C@@H](Nc2cc(C(=O)NC[C@H](O)CN3CCc4ccccc4C3)ncn2)C1. The highest BCUT2D eigenvalue weighted by Gasteiger charge is 2.22. The number of hydrogen-bond donors (Lipinski definition) is 3. The largest absolute Gasteiger partial charge is 0.390 e. The molecule has 1 saturated heterocycles. The maximum Gasteiger partial charge on any atom is 0.270 e. The van der Waals surface area contributed by atoms with E-state index in [4.69, 9.17) is 0 Å². The zero-order valence-electron chi connectivity index (χ0n) is 19.0. The summed E-state index contributed by atoms with van der Waals surface area (Å²) >= 11 is 0. The Morgan fingerprint density at radius 1 is 1.21 bits per heavy atom. The van der Waals surface area contributed by atoms with Crippen molar-refractivity contribution in [2.75, 3.05) is 38.0 Å². The highest BCUT2D eigenvalue weighted by atomic mass is 16.3. The van der Waals surface area contributed by atoms with Crippen molar-refractivity contribution < 1.29 is 14.7 Å². The fraction of sp³-hybridized carbons (Fsp3) is 0.500. The van der Waals surface area contributed by atoms with Gasteiger partial charge in [-0.2, -0.15) is 0 Å². The molecule has 0 aliphatic carbocycles. The monoisotopic (exact) mass is 452 g/mol. The number of β-amino-alcohol motifs (C(OH)–C–C–N with tert-alkyl or cyclic N) is 1. The molecule has 2 atom stereocenters. The number of likely N-dealkylation sites (tertiary alicyclic amines) is 1.